The van der Waals surface area contributed by atoms with Gasteiger partial charge in [-0.2, -0.15) is 0 Å². The summed E-state index contributed by atoms with van der Waals surface area (Å²) < 4.78 is 10.8. The van der Waals surface area contributed by atoms with Crippen LogP contribution in [0.1, 0.15) is 73.6 Å². The zero-order valence-corrected chi connectivity index (χ0v) is 18.2. The van der Waals surface area contributed by atoms with Gasteiger partial charge in [0.2, 0.25) is 5.91 Å². The van der Waals surface area contributed by atoms with Crippen LogP contribution in [0.5, 0.6) is 0 Å². The molecule has 1 aliphatic rings. The van der Waals surface area contributed by atoms with E-state index in [9.17, 15) is 14.4 Å². The number of unbranched alkanes of at least 4 members (excludes halogenated alkanes) is 1. The number of hydrogen-bond donors (Lipinski definition) is 2. The van der Waals surface area contributed by atoms with Crippen molar-refractivity contribution in [3.05, 3.63) is 0 Å². The first-order chi connectivity index (χ1) is 12.8. The van der Waals surface area contributed by atoms with E-state index in [0.29, 0.717) is 32.4 Å². The number of nitrogens with two attached hydrogens (primary N) is 1. The molecule has 0 aromatic carbocycles. The van der Waals surface area contributed by atoms with Crippen molar-refractivity contribution in [2.75, 3.05) is 13.1 Å². The fourth-order valence-corrected chi connectivity index (χ4v) is 3.05. The predicted octanol–water partition coefficient (Wildman–Crippen LogP) is 2.34. The van der Waals surface area contributed by atoms with Crippen LogP contribution >= 0.6 is 0 Å². The number of ether oxygens (including phenoxy) is 2. The van der Waals surface area contributed by atoms with Crippen molar-refractivity contribution in [1.82, 2.24) is 10.2 Å². The largest absolute Gasteiger partial charge is 0.458 e. The van der Waals surface area contributed by atoms with Crippen LogP contribution in [0.25, 0.3) is 0 Å². The summed E-state index contributed by atoms with van der Waals surface area (Å²) in [7, 11) is 0. The van der Waals surface area contributed by atoms with Gasteiger partial charge in [-0.3, -0.25) is 4.79 Å². The van der Waals surface area contributed by atoms with Crippen LogP contribution in [0, 0.1) is 0 Å². The highest BCUT2D eigenvalue weighted by Gasteiger charge is 2.39. The molecule has 0 saturated carbocycles. The Labute approximate surface area is 168 Å². The van der Waals surface area contributed by atoms with E-state index in [1.165, 1.54) is 4.90 Å². The molecule has 28 heavy (non-hydrogen) atoms. The average molecular weight is 400 g/mol. The van der Waals surface area contributed by atoms with E-state index in [2.05, 4.69) is 5.32 Å². The number of nitrogens with zero attached hydrogens (tertiary/aromatic N) is 1. The second-order valence-electron chi connectivity index (χ2n) is 9.21. The van der Waals surface area contributed by atoms with Gasteiger partial charge in [-0.25, -0.2) is 9.59 Å². The summed E-state index contributed by atoms with van der Waals surface area (Å²) in [5, 5.41) is 2.67. The minimum atomic E-state index is -0.760. The molecule has 2 atom stereocenters. The monoisotopic (exact) mass is 399 g/mol. The van der Waals surface area contributed by atoms with Gasteiger partial charge in [-0.05, 0) is 80.2 Å². The Balaban J connectivity index is 2.87. The lowest BCUT2D eigenvalue weighted by Gasteiger charge is -2.30. The molecule has 162 valence electrons. The Morgan fingerprint density at radius 1 is 1.07 bits per heavy atom. The molecular weight excluding hydrogens is 362 g/mol. The van der Waals surface area contributed by atoms with Gasteiger partial charge < -0.3 is 25.4 Å². The molecule has 0 spiro atoms. The topological polar surface area (TPSA) is 111 Å². The smallest absolute Gasteiger partial charge is 0.408 e. The maximum absolute atomic E-state index is 13.1. The van der Waals surface area contributed by atoms with Crippen LogP contribution in [0.15, 0.2) is 0 Å². The molecule has 1 aliphatic heterocycles. The summed E-state index contributed by atoms with van der Waals surface area (Å²) in [5.74, 6) is -0.687. The third-order valence-electron chi connectivity index (χ3n) is 4.15. The Kier molecular flexibility index (Phi) is 8.73. The number of alkyl carbamates (subject to hydrolysis) is 1. The highest BCUT2D eigenvalue weighted by atomic mass is 16.6. The fourth-order valence-electron chi connectivity index (χ4n) is 3.05. The van der Waals surface area contributed by atoms with Gasteiger partial charge in [-0.15, -0.1) is 0 Å². The molecular formula is C20H37N3O5. The van der Waals surface area contributed by atoms with Crippen LogP contribution in [0.2, 0.25) is 0 Å². The van der Waals surface area contributed by atoms with Gasteiger partial charge in [0.15, 0.2) is 0 Å². The first-order valence-corrected chi connectivity index (χ1v) is 10.1. The Morgan fingerprint density at radius 3 is 2.21 bits per heavy atom. The summed E-state index contributed by atoms with van der Waals surface area (Å²) >= 11 is 0. The average Bonchev–Trinajstić information content (AvgIpc) is 2.99. The fraction of sp³-hybridized carbons (Fsp3) is 0.850. The van der Waals surface area contributed by atoms with Gasteiger partial charge in [0, 0.05) is 6.54 Å². The van der Waals surface area contributed by atoms with E-state index in [1.807, 2.05) is 0 Å². The van der Waals surface area contributed by atoms with Gasteiger partial charge >= 0.3 is 12.1 Å². The molecule has 1 saturated heterocycles. The quantitative estimate of drug-likeness (QED) is 0.502. The third kappa shape index (κ3) is 8.46. The lowest BCUT2D eigenvalue weighted by molar-refractivity contribution is -0.163. The van der Waals surface area contributed by atoms with E-state index < -0.39 is 35.3 Å². The molecule has 8 nitrogen and oxygen atoms in total. The van der Waals surface area contributed by atoms with Crippen molar-refractivity contribution in [2.45, 2.75) is 96.9 Å². The number of hydrogen-bond acceptors (Lipinski definition) is 6. The van der Waals surface area contributed by atoms with Crippen molar-refractivity contribution in [2.24, 2.45) is 5.73 Å². The number of amides is 2. The number of esters is 1. The van der Waals surface area contributed by atoms with Gasteiger partial charge in [-0.1, -0.05) is 0 Å². The first kappa shape index (κ1) is 24.2. The van der Waals surface area contributed by atoms with E-state index in [1.54, 1.807) is 41.5 Å². The molecule has 3 N–H and O–H groups in total. The van der Waals surface area contributed by atoms with E-state index in [4.69, 9.17) is 15.2 Å². The Hall–Kier alpha value is -1.83. The van der Waals surface area contributed by atoms with Crippen molar-refractivity contribution in [1.29, 1.82) is 0 Å². The second kappa shape index (κ2) is 10.1. The number of carbonyl (C=O) groups is 3. The summed E-state index contributed by atoms with van der Waals surface area (Å²) in [4.78, 5) is 39.4. The van der Waals surface area contributed by atoms with Crippen LogP contribution in [-0.2, 0) is 19.1 Å². The van der Waals surface area contributed by atoms with E-state index in [0.717, 1.165) is 12.8 Å². The standard InChI is InChI=1S/C20H37N3O5/c1-19(2,3)27-17(25)15-11-9-13-23(15)16(24)14(10-7-8-12-21)22-18(26)28-20(4,5)6/h14-15H,7-13,21H2,1-6H3,(H,22,26)/t14-,15-/m0/s1. The molecule has 2 amide bonds. The minimum absolute atomic E-state index is 0.281. The maximum atomic E-state index is 13.1. The van der Waals surface area contributed by atoms with E-state index >= 15 is 0 Å². The second-order valence-corrected chi connectivity index (χ2v) is 9.21. The highest BCUT2D eigenvalue weighted by Crippen LogP contribution is 2.23. The molecule has 0 aromatic heterocycles. The van der Waals surface area contributed by atoms with Crippen molar-refractivity contribution < 1.29 is 23.9 Å². The SMILES string of the molecule is CC(C)(C)OC(=O)N[C@@H](CCCCN)C(=O)N1CCC[C@H]1C(=O)OC(C)(C)C. The number of carbonyl (C=O) groups excluding carboxylic acids is 3. The van der Waals surface area contributed by atoms with Crippen molar-refractivity contribution in [3.8, 4) is 0 Å². The number of nitrogens with one attached hydrogen (secondary N) is 1. The van der Waals surface area contributed by atoms with Crippen LogP contribution < -0.4 is 11.1 Å². The molecule has 1 rings (SSSR count). The molecule has 1 heterocycles. The molecule has 0 radical (unpaired) electrons. The van der Waals surface area contributed by atoms with Gasteiger partial charge in [0.25, 0.3) is 0 Å². The Bertz CT molecular complexity index is 551. The van der Waals surface area contributed by atoms with Gasteiger partial charge in [0.1, 0.15) is 23.3 Å². The minimum Gasteiger partial charge on any atom is -0.458 e. The zero-order chi connectivity index (χ0) is 21.5. The summed E-state index contributed by atoms with van der Waals surface area (Å²) in [6, 6.07) is -1.38. The maximum Gasteiger partial charge on any atom is 0.408 e. The first-order valence-electron chi connectivity index (χ1n) is 10.1. The molecule has 0 unspecified atom stereocenters. The van der Waals surface area contributed by atoms with Crippen LogP contribution in [0.3, 0.4) is 0 Å². The predicted molar refractivity (Wildman–Crippen MR) is 107 cm³/mol. The highest BCUT2D eigenvalue weighted by molar-refractivity contribution is 5.90. The number of rotatable bonds is 7. The number of likely N-dealkylation sites (tertiary alicyclic amines) is 1. The molecule has 0 aromatic rings. The summed E-state index contributed by atoms with van der Waals surface area (Å²) in [6.45, 7) is 11.7. The zero-order valence-electron chi connectivity index (χ0n) is 18.2. The summed E-state index contributed by atoms with van der Waals surface area (Å²) in [5.41, 5.74) is 4.26. The lowest BCUT2D eigenvalue weighted by atomic mass is 10.1. The molecule has 1 fully saturated rings. The van der Waals surface area contributed by atoms with Crippen LogP contribution in [-0.4, -0.2) is 59.2 Å². The Morgan fingerprint density at radius 2 is 1.68 bits per heavy atom. The lowest BCUT2D eigenvalue weighted by Crippen LogP contribution is -2.53. The van der Waals surface area contributed by atoms with Crippen LogP contribution in [0.4, 0.5) is 4.79 Å². The summed E-state index contributed by atoms with van der Waals surface area (Å²) in [6.07, 6.45) is 2.50. The van der Waals surface area contributed by atoms with Gasteiger partial charge in [0.05, 0.1) is 0 Å². The van der Waals surface area contributed by atoms with Crippen molar-refractivity contribution >= 4 is 18.0 Å². The molecule has 0 bridgehead atoms. The van der Waals surface area contributed by atoms with E-state index in [-0.39, 0.29) is 5.91 Å². The van der Waals surface area contributed by atoms with Crippen molar-refractivity contribution in [3.63, 3.8) is 0 Å². The third-order valence-corrected chi connectivity index (χ3v) is 4.15. The normalized spacial score (nSPS) is 18.5. The molecule has 0 aliphatic carbocycles. The molecule has 8 heteroatoms.